The number of carbonyl (C=O) groups is 1. The highest BCUT2D eigenvalue weighted by molar-refractivity contribution is 7.89. The predicted molar refractivity (Wildman–Crippen MR) is 107 cm³/mol. The number of rotatable bonds is 5. The molecule has 1 aliphatic rings. The molecule has 2 aromatic heterocycles. The normalized spacial score (nSPS) is 18.0. The number of pyridine rings is 1. The number of primary sulfonamides is 1. The van der Waals surface area contributed by atoms with Crippen LogP contribution in [0.2, 0.25) is 0 Å². The number of nitrogens with two attached hydrogens (primary N) is 1. The van der Waals surface area contributed by atoms with Crippen molar-refractivity contribution in [2.24, 2.45) is 18.1 Å². The van der Waals surface area contributed by atoms with Crippen LogP contribution in [0.15, 0.2) is 41.6 Å². The number of nitrogens with zero attached hydrogens (tertiary/aromatic N) is 3. The van der Waals surface area contributed by atoms with Crippen molar-refractivity contribution in [2.75, 3.05) is 6.54 Å². The van der Waals surface area contributed by atoms with Crippen molar-refractivity contribution >= 4 is 27.0 Å². The zero-order valence-electron chi connectivity index (χ0n) is 16.0. The molecule has 152 valence electrons. The van der Waals surface area contributed by atoms with Crippen molar-refractivity contribution in [3.05, 3.63) is 36.7 Å². The fourth-order valence-corrected chi connectivity index (χ4v) is 3.93. The molecule has 1 amide bonds. The minimum absolute atomic E-state index is 0.0211. The molecule has 1 fully saturated rings. The van der Waals surface area contributed by atoms with Crippen LogP contribution >= 0.6 is 0 Å². The van der Waals surface area contributed by atoms with Gasteiger partial charge in [0.25, 0.3) is 0 Å². The highest BCUT2D eigenvalue weighted by Crippen LogP contribution is 2.31. The Morgan fingerprint density at radius 2 is 2.03 bits per heavy atom. The lowest BCUT2D eigenvalue weighted by Crippen LogP contribution is -2.26. The Hall–Kier alpha value is -2.98. The molecule has 3 heterocycles. The average molecular weight is 415 g/mol. The number of ether oxygens (including phenoxy) is 1. The van der Waals surface area contributed by atoms with Crippen molar-refractivity contribution in [1.82, 2.24) is 19.9 Å². The summed E-state index contributed by atoms with van der Waals surface area (Å²) in [6.07, 6.45) is 1.88. The number of fused-ring (bicyclic) bond motifs is 1. The Morgan fingerprint density at radius 3 is 2.66 bits per heavy atom. The van der Waals surface area contributed by atoms with Crippen molar-refractivity contribution < 1.29 is 17.9 Å². The van der Waals surface area contributed by atoms with Crippen LogP contribution in [0, 0.1) is 5.92 Å². The van der Waals surface area contributed by atoms with Gasteiger partial charge in [-0.3, -0.25) is 4.79 Å². The van der Waals surface area contributed by atoms with Crippen molar-refractivity contribution in [2.45, 2.75) is 24.3 Å². The summed E-state index contributed by atoms with van der Waals surface area (Å²) in [4.78, 5) is 20.6. The fourth-order valence-electron chi connectivity index (χ4n) is 3.42. The first-order valence-corrected chi connectivity index (χ1v) is 10.7. The number of hydrogen-bond donors (Lipinski definition) is 2. The first-order chi connectivity index (χ1) is 13.7. The van der Waals surface area contributed by atoms with Crippen molar-refractivity contribution in [3.8, 4) is 17.1 Å². The van der Waals surface area contributed by atoms with Crippen LogP contribution in [0.25, 0.3) is 22.3 Å². The summed E-state index contributed by atoms with van der Waals surface area (Å²) >= 11 is 0. The van der Waals surface area contributed by atoms with E-state index in [1.54, 1.807) is 18.5 Å². The van der Waals surface area contributed by atoms with E-state index in [1.807, 2.05) is 24.6 Å². The molecule has 0 radical (unpaired) electrons. The maximum atomic E-state index is 11.5. The number of benzene rings is 1. The Labute approximate surface area is 168 Å². The lowest BCUT2D eigenvalue weighted by Gasteiger charge is -2.20. The third-order valence-electron chi connectivity index (χ3n) is 5.11. The van der Waals surface area contributed by atoms with Gasteiger partial charge < -0.3 is 14.6 Å². The Balaban J connectivity index is 1.72. The zero-order valence-corrected chi connectivity index (χ0v) is 16.8. The first kappa shape index (κ1) is 19.3. The first-order valence-electron chi connectivity index (χ1n) is 9.11. The minimum atomic E-state index is -3.77. The summed E-state index contributed by atoms with van der Waals surface area (Å²) in [6.45, 7) is 2.49. The maximum absolute atomic E-state index is 11.5. The molecule has 0 aliphatic carbocycles. The van der Waals surface area contributed by atoms with Crippen LogP contribution in [0.1, 0.15) is 13.3 Å². The highest BCUT2D eigenvalue weighted by atomic mass is 32.2. The topological polar surface area (TPSA) is 129 Å². The summed E-state index contributed by atoms with van der Waals surface area (Å²) in [7, 11) is -1.91. The smallest absolute Gasteiger partial charge is 0.241 e. The van der Waals surface area contributed by atoms with Gasteiger partial charge in [0.05, 0.1) is 22.4 Å². The molecule has 1 aliphatic heterocycles. The number of nitrogens with one attached hydrogen (secondary N) is 1. The Morgan fingerprint density at radius 1 is 1.31 bits per heavy atom. The molecule has 0 unspecified atom stereocenters. The largest absolute Gasteiger partial charge is 0.473 e. The molecule has 1 saturated heterocycles. The van der Waals surface area contributed by atoms with E-state index in [4.69, 9.17) is 9.88 Å². The molecular weight excluding hydrogens is 394 g/mol. The number of sulfonamides is 1. The lowest BCUT2D eigenvalue weighted by molar-refractivity contribution is -0.119. The van der Waals surface area contributed by atoms with E-state index < -0.39 is 10.0 Å². The summed E-state index contributed by atoms with van der Waals surface area (Å²) < 4.78 is 31.0. The molecule has 3 aromatic rings. The van der Waals surface area contributed by atoms with Crippen LogP contribution in [0.4, 0.5) is 0 Å². The van der Waals surface area contributed by atoms with E-state index in [0.29, 0.717) is 35.6 Å². The second-order valence-electron chi connectivity index (χ2n) is 7.20. The standard InChI is InChI=1S/C19H21N5O4S/c1-11(13-7-17(25)21-9-13)28-19-18-16(22-10-24(18)2)8-15(23-19)12-3-5-14(6-4-12)29(20,26)27/h3-6,8,10-11,13H,7,9H2,1-2H3,(H,21,25)(H2,20,26,27)/t11-,13-/m1/s1. The molecule has 9 nitrogen and oxygen atoms in total. The van der Waals surface area contributed by atoms with Crippen LogP contribution in [0.3, 0.4) is 0 Å². The summed E-state index contributed by atoms with van der Waals surface area (Å²) in [5.74, 6) is 0.498. The Kier molecular flexibility index (Phi) is 4.75. The number of carbonyl (C=O) groups excluding carboxylic acids is 1. The SMILES string of the molecule is C[C@@H](Oc1nc(-c2ccc(S(N)(=O)=O)cc2)cc2ncn(C)c12)[C@H]1CNC(=O)C1. The van der Waals surface area contributed by atoms with Gasteiger partial charge in [-0.15, -0.1) is 0 Å². The van der Waals surface area contributed by atoms with Crippen molar-refractivity contribution in [1.29, 1.82) is 0 Å². The van der Waals surface area contributed by atoms with Crippen LogP contribution in [0.5, 0.6) is 5.88 Å². The molecule has 2 atom stereocenters. The molecule has 10 heteroatoms. The van der Waals surface area contributed by atoms with Crippen LogP contribution in [-0.4, -0.2) is 41.5 Å². The summed E-state index contributed by atoms with van der Waals surface area (Å²) in [5, 5.41) is 7.98. The van der Waals surface area contributed by atoms with Gasteiger partial charge in [0.2, 0.25) is 21.8 Å². The van der Waals surface area contributed by atoms with E-state index >= 15 is 0 Å². The Bertz CT molecular complexity index is 1190. The third kappa shape index (κ3) is 3.81. The van der Waals surface area contributed by atoms with Gasteiger partial charge in [-0.1, -0.05) is 12.1 Å². The molecule has 0 bridgehead atoms. The lowest BCUT2D eigenvalue weighted by atomic mass is 10.0. The van der Waals surface area contributed by atoms with E-state index in [9.17, 15) is 13.2 Å². The van der Waals surface area contributed by atoms with Crippen LogP contribution < -0.4 is 15.2 Å². The third-order valence-corrected chi connectivity index (χ3v) is 6.04. The molecule has 0 saturated carbocycles. The molecular formula is C19H21N5O4S. The van der Waals surface area contributed by atoms with Gasteiger partial charge in [-0.2, -0.15) is 0 Å². The summed E-state index contributed by atoms with van der Waals surface area (Å²) in [6, 6.07) is 7.98. The number of aromatic nitrogens is 3. The van der Waals surface area contributed by atoms with Gasteiger partial charge in [0.15, 0.2) is 0 Å². The molecule has 4 rings (SSSR count). The maximum Gasteiger partial charge on any atom is 0.241 e. The second kappa shape index (κ2) is 7.12. The number of imidazole rings is 1. The highest BCUT2D eigenvalue weighted by Gasteiger charge is 2.29. The van der Waals surface area contributed by atoms with E-state index in [1.165, 1.54) is 12.1 Å². The molecule has 3 N–H and O–H groups in total. The van der Waals surface area contributed by atoms with Gasteiger partial charge in [-0.25, -0.2) is 23.5 Å². The van der Waals surface area contributed by atoms with E-state index in [-0.39, 0.29) is 22.8 Å². The summed E-state index contributed by atoms with van der Waals surface area (Å²) in [5.41, 5.74) is 2.76. The monoisotopic (exact) mass is 415 g/mol. The number of amides is 1. The van der Waals surface area contributed by atoms with E-state index in [2.05, 4.69) is 15.3 Å². The van der Waals surface area contributed by atoms with E-state index in [0.717, 1.165) is 5.52 Å². The van der Waals surface area contributed by atoms with Crippen molar-refractivity contribution in [3.63, 3.8) is 0 Å². The van der Waals surface area contributed by atoms with Gasteiger partial charge in [0.1, 0.15) is 11.6 Å². The fraction of sp³-hybridized carbons (Fsp3) is 0.316. The van der Waals surface area contributed by atoms with Gasteiger partial charge in [-0.05, 0) is 25.1 Å². The minimum Gasteiger partial charge on any atom is -0.473 e. The molecule has 1 aromatic carbocycles. The average Bonchev–Trinajstić information content (AvgIpc) is 3.27. The van der Waals surface area contributed by atoms with Gasteiger partial charge >= 0.3 is 0 Å². The second-order valence-corrected chi connectivity index (χ2v) is 8.76. The predicted octanol–water partition coefficient (Wildman–Crippen LogP) is 1.19. The number of aryl methyl sites for hydroxylation is 1. The quantitative estimate of drug-likeness (QED) is 0.644. The molecule has 29 heavy (non-hydrogen) atoms. The number of hydrogen-bond acceptors (Lipinski definition) is 6. The zero-order chi connectivity index (χ0) is 20.8. The molecule has 0 spiro atoms. The van der Waals surface area contributed by atoms with Crippen LogP contribution in [-0.2, 0) is 21.9 Å². The van der Waals surface area contributed by atoms with Gasteiger partial charge in [0, 0.05) is 31.5 Å².